The molecule has 2 aromatic rings. The van der Waals surface area contributed by atoms with Gasteiger partial charge in [0.15, 0.2) is 5.96 Å². The lowest BCUT2D eigenvalue weighted by atomic mass is 10.1. The smallest absolute Gasteiger partial charge is 0.191 e. The van der Waals surface area contributed by atoms with Crippen LogP contribution in [0.1, 0.15) is 17.2 Å². The maximum absolute atomic E-state index is 4.32. The van der Waals surface area contributed by atoms with Crippen LogP contribution < -0.4 is 10.6 Å². The van der Waals surface area contributed by atoms with Crippen LogP contribution in [0.3, 0.4) is 0 Å². The first-order valence-corrected chi connectivity index (χ1v) is 8.40. The highest BCUT2D eigenvalue weighted by Crippen LogP contribution is 2.16. The molecule has 0 aromatic heterocycles. The Bertz CT molecular complexity index is 614. The van der Waals surface area contributed by atoms with Gasteiger partial charge in [0.25, 0.3) is 0 Å². The van der Waals surface area contributed by atoms with E-state index < -0.39 is 0 Å². The van der Waals surface area contributed by atoms with Crippen LogP contribution >= 0.6 is 24.0 Å². The molecular formula is C20H29IN4. The van der Waals surface area contributed by atoms with Gasteiger partial charge in [-0.3, -0.25) is 4.99 Å². The SMILES string of the molecule is CN=C(NCCc1ccccc1)NCC(c1ccccc1)N(C)C.I. The summed E-state index contributed by atoms with van der Waals surface area (Å²) in [6, 6.07) is 21.3. The first-order valence-electron chi connectivity index (χ1n) is 8.40. The van der Waals surface area contributed by atoms with Crippen molar-refractivity contribution in [3.63, 3.8) is 0 Å². The van der Waals surface area contributed by atoms with E-state index in [1.54, 1.807) is 0 Å². The van der Waals surface area contributed by atoms with Crippen molar-refractivity contribution in [1.29, 1.82) is 0 Å². The van der Waals surface area contributed by atoms with Crippen molar-refractivity contribution in [1.82, 2.24) is 15.5 Å². The van der Waals surface area contributed by atoms with Crippen molar-refractivity contribution in [3.05, 3.63) is 71.8 Å². The normalized spacial score (nSPS) is 12.4. The summed E-state index contributed by atoms with van der Waals surface area (Å²) in [5, 5.41) is 6.82. The molecule has 0 radical (unpaired) electrons. The number of aliphatic imine (C=N–C) groups is 1. The van der Waals surface area contributed by atoms with Gasteiger partial charge in [0, 0.05) is 20.1 Å². The standard InChI is InChI=1S/C20H28N4.HI/c1-21-20(22-15-14-17-10-6-4-7-11-17)23-16-19(24(2)3)18-12-8-5-9-13-18;/h4-13,19H,14-16H2,1-3H3,(H2,21,22,23);1H. The van der Waals surface area contributed by atoms with Gasteiger partial charge in [-0.25, -0.2) is 0 Å². The molecule has 136 valence electrons. The van der Waals surface area contributed by atoms with E-state index in [4.69, 9.17) is 0 Å². The van der Waals surface area contributed by atoms with E-state index in [9.17, 15) is 0 Å². The highest BCUT2D eigenvalue weighted by atomic mass is 127. The van der Waals surface area contributed by atoms with Crippen LogP contribution in [0.5, 0.6) is 0 Å². The van der Waals surface area contributed by atoms with E-state index in [-0.39, 0.29) is 24.0 Å². The van der Waals surface area contributed by atoms with Gasteiger partial charge >= 0.3 is 0 Å². The van der Waals surface area contributed by atoms with Gasteiger partial charge in [-0.15, -0.1) is 24.0 Å². The third-order valence-corrected chi connectivity index (χ3v) is 4.04. The maximum Gasteiger partial charge on any atom is 0.191 e. The second kappa shape index (κ2) is 11.9. The fraction of sp³-hybridized carbons (Fsp3) is 0.350. The van der Waals surface area contributed by atoms with Crippen molar-refractivity contribution in [2.45, 2.75) is 12.5 Å². The van der Waals surface area contributed by atoms with Crippen LogP contribution in [-0.2, 0) is 6.42 Å². The molecule has 0 bridgehead atoms. The zero-order valence-corrected chi connectivity index (χ0v) is 17.6. The number of benzene rings is 2. The number of nitrogens with one attached hydrogen (secondary N) is 2. The largest absolute Gasteiger partial charge is 0.356 e. The minimum Gasteiger partial charge on any atom is -0.356 e. The van der Waals surface area contributed by atoms with Crippen molar-refractivity contribution >= 4 is 29.9 Å². The fourth-order valence-electron chi connectivity index (χ4n) is 2.66. The summed E-state index contributed by atoms with van der Waals surface area (Å²) in [5.74, 6) is 0.841. The second-order valence-electron chi connectivity index (χ2n) is 6.01. The summed E-state index contributed by atoms with van der Waals surface area (Å²) in [7, 11) is 6.01. The van der Waals surface area contributed by atoms with Gasteiger partial charge in [0.2, 0.25) is 0 Å². The Hall–Kier alpha value is -1.60. The lowest BCUT2D eigenvalue weighted by Crippen LogP contribution is -2.42. The highest BCUT2D eigenvalue weighted by molar-refractivity contribution is 14.0. The molecule has 0 amide bonds. The van der Waals surface area contributed by atoms with Crippen molar-refractivity contribution in [2.75, 3.05) is 34.2 Å². The molecule has 0 heterocycles. The molecule has 0 aliphatic rings. The third-order valence-electron chi connectivity index (χ3n) is 4.04. The van der Waals surface area contributed by atoms with E-state index in [2.05, 4.69) is 83.2 Å². The Balaban J connectivity index is 0.00000312. The fourth-order valence-corrected chi connectivity index (χ4v) is 2.66. The van der Waals surface area contributed by atoms with Crippen LogP contribution in [0, 0.1) is 0 Å². The molecule has 2 rings (SSSR count). The Morgan fingerprint density at radius 3 is 2.12 bits per heavy atom. The molecule has 0 saturated carbocycles. The summed E-state index contributed by atoms with van der Waals surface area (Å²) in [6.45, 7) is 1.67. The van der Waals surface area contributed by atoms with Gasteiger partial charge in [0.1, 0.15) is 0 Å². The van der Waals surface area contributed by atoms with E-state index >= 15 is 0 Å². The predicted octanol–water partition coefficient (Wildman–Crippen LogP) is 3.32. The quantitative estimate of drug-likeness (QED) is 0.385. The zero-order chi connectivity index (χ0) is 17.2. The molecule has 25 heavy (non-hydrogen) atoms. The topological polar surface area (TPSA) is 39.7 Å². The summed E-state index contributed by atoms with van der Waals surface area (Å²) in [6.07, 6.45) is 0.983. The average molecular weight is 452 g/mol. The molecule has 1 atom stereocenters. The van der Waals surface area contributed by atoms with Gasteiger partial charge < -0.3 is 15.5 Å². The molecule has 0 aliphatic carbocycles. The van der Waals surface area contributed by atoms with E-state index in [1.165, 1.54) is 11.1 Å². The number of likely N-dealkylation sites (N-methyl/N-ethyl adjacent to an activating group) is 1. The molecule has 0 fully saturated rings. The Morgan fingerprint density at radius 1 is 0.960 bits per heavy atom. The summed E-state index contributed by atoms with van der Waals surface area (Å²) >= 11 is 0. The van der Waals surface area contributed by atoms with Crippen LogP contribution in [0.4, 0.5) is 0 Å². The van der Waals surface area contributed by atoms with Crippen LogP contribution in [0.2, 0.25) is 0 Å². The minimum absolute atomic E-state index is 0. The van der Waals surface area contributed by atoms with E-state index in [1.807, 2.05) is 19.2 Å². The predicted molar refractivity (Wildman–Crippen MR) is 118 cm³/mol. The molecule has 0 aliphatic heterocycles. The maximum atomic E-state index is 4.32. The van der Waals surface area contributed by atoms with Crippen LogP contribution in [-0.4, -0.2) is 45.1 Å². The Morgan fingerprint density at radius 2 is 1.56 bits per heavy atom. The lowest BCUT2D eigenvalue weighted by molar-refractivity contribution is 0.298. The van der Waals surface area contributed by atoms with E-state index in [0.29, 0.717) is 6.04 Å². The molecular weight excluding hydrogens is 423 g/mol. The van der Waals surface area contributed by atoms with Crippen molar-refractivity contribution in [3.8, 4) is 0 Å². The van der Waals surface area contributed by atoms with Crippen LogP contribution in [0.15, 0.2) is 65.7 Å². The molecule has 2 aromatic carbocycles. The summed E-state index contributed by atoms with van der Waals surface area (Å²) in [4.78, 5) is 6.54. The number of rotatable bonds is 7. The molecule has 5 heteroatoms. The minimum atomic E-state index is 0. The first-order chi connectivity index (χ1) is 11.7. The molecule has 0 spiro atoms. The van der Waals surface area contributed by atoms with Gasteiger partial charge in [0.05, 0.1) is 6.04 Å². The van der Waals surface area contributed by atoms with Crippen molar-refractivity contribution in [2.24, 2.45) is 4.99 Å². The number of halogens is 1. The highest BCUT2D eigenvalue weighted by Gasteiger charge is 2.14. The zero-order valence-electron chi connectivity index (χ0n) is 15.3. The Labute approximate surface area is 168 Å². The Kier molecular flexibility index (Phi) is 10.2. The van der Waals surface area contributed by atoms with E-state index in [0.717, 1.165) is 25.5 Å². The average Bonchev–Trinajstić information content (AvgIpc) is 2.62. The number of guanidine groups is 1. The number of hydrogen-bond acceptors (Lipinski definition) is 2. The van der Waals surface area contributed by atoms with Gasteiger partial charge in [-0.2, -0.15) is 0 Å². The number of nitrogens with zero attached hydrogens (tertiary/aromatic N) is 2. The second-order valence-corrected chi connectivity index (χ2v) is 6.01. The third kappa shape index (κ3) is 7.44. The monoisotopic (exact) mass is 452 g/mol. The van der Waals surface area contributed by atoms with Crippen molar-refractivity contribution < 1.29 is 0 Å². The van der Waals surface area contributed by atoms with Gasteiger partial charge in [-0.1, -0.05) is 60.7 Å². The molecule has 0 saturated heterocycles. The summed E-state index contributed by atoms with van der Waals surface area (Å²) in [5.41, 5.74) is 2.63. The lowest BCUT2D eigenvalue weighted by Gasteiger charge is -2.26. The van der Waals surface area contributed by atoms with Crippen LogP contribution in [0.25, 0.3) is 0 Å². The molecule has 1 unspecified atom stereocenters. The molecule has 2 N–H and O–H groups in total. The van der Waals surface area contributed by atoms with Gasteiger partial charge in [-0.05, 0) is 31.6 Å². The number of hydrogen-bond donors (Lipinski definition) is 2. The first kappa shape index (κ1) is 21.4. The molecule has 4 nitrogen and oxygen atoms in total. The summed E-state index contributed by atoms with van der Waals surface area (Å²) < 4.78 is 0.